The van der Waals surface area contributed by atoms with Crippen LogP contribution in [0, 0.1) is 0 Å². The second-order valence-corrected chi connectivity index (χ2v) is 4.34. The van der Waals surface area contributed by atoms with E-state index in [0.717, 1.165) is 23.2 Å². The van der Waals surface area contributed by atoms with Crippen LogP contribution in [0.5, 0.6) is 5.75 Å². The van der Waals surface area contributed by atoms with Gasteiger partial charge in [-0.2, -0.15) is 0 Å². The van der Waals surface area contributed by atoms with Crippen molar-refractivity contribution in [2.45, 2.75) is 13.0 Å². The third-order valence-electron chi connectivity index (χ3n) is 2.90. The Hall–Kier alpha value is -1.91. The third kappa shape index (κ3) is 3.77. The fourth-order valence-corrected chi connectivity index (χ4v) is 1.87. The summed E-state index contributed by atoms with van der Waals surface area (Å²) in [5.74, 6) is 0.282. The summed E-state index contributed by atoms with van der Waals surface area (Å²) in [4.78, 5) is 4.09. The summed E-state index contributed by atoms with van der Waals surface area (Å²) in [6.45, 7) is 1.49. The minimum Gasteiger partial charge on any atom is -0.508 e. The standard InChI is InChI=1S/C15H18N2O2/c18-8-2-7-17-11-14-9-12(4-5-15(14)19)13-3-1-6-16-10-13/h1,3-6,9-10,17-19H,2,7-8,11H2. The molecular formula is C15H18N2O2. The first-order chi connectivity index (χ1) is 9.31. The molecule has 1 aromatic heterocycles. The zero-order valence-electron chi connectivity index (χ0n) is 10.7. The minimum absolute atomic E-state index is 0.175. The average molecular weight is 258 g/mol. The lowest BCUT2D eigenvalue weighted by molar-refractivity contribution is 0.286. The lowest BCUT2D eigenvalue weighted by Gasteiger charge is -2.09. The van der Waals surface area contributed by atoms with E-state index in [1.807, 2.05) is 24.3 Å². The summed E-state index contributed by atoms with van der Waals surface area (Å²) in [5.41, 5.74) is 2.91. The fourth-order valence-electron chi connectivity index (χ4n) is 1.87. The van der Waals surface area contributed by atoms with Gasteiger partial charge in [0.25, 0.3) is 0 Å². The molecule has 0 aliphatic rings. The molecule has 0 fully saturated rings. The molecule has 0 unspecified atom stereocenters. The molecule has 0 saturated carbocycles. The normalized spacial score (nSPS) is 10.6. The van der Waals surface area contributed by atoms with Crippen molar-refractivity contribution in [2.24, 2.45) is 0 Å². The van der Waals surface area contributed by atoms with E-state index in [4.69, 9.17) is 5.11 Å². The first-order valence-corrected chi connectivity index (χ1v) is 6.35. The van der Waals surface area contributed by atoms with E-state index in [0.29, 0.717) is 13.0 Å². The van der Waals surface area contributed by atoms with Crippen LogP contribution in [0.25, 0.3) is 11.1 Å². The Morgan fingerprint density at radius 1 is 1.16 bits per heavy atom. The summed E-state index contributed by atoms with van der Waals surface area (Å²) in [6.07, 6.45) is 4.25. The van der Waals surface area contributed by atoms with Crippen molar-refractivity contribution in [3.8, 4) is 16.9 Å². The van der Waals surface area contributed by atoms with Crippen molar-refractivity contribution < 1.29 is 10.2 Å². The molecule has 2 rings (SSSR count). The van der Waals surface area contributed by atoms with Crippen molar-refractivity contribution in [1.29, 1.82) is 0 Å². The maximum Gasteiger partial charge on any atom is 0.120 e. The highest BCUT2D eigenvalue weighted by atomic mass is 16.3. The number of nitrogens with zero attached hydrogens (tertiary/aromatic N) is 1. The van der Waals surface area contributed by atoms with Crippen LogP contribution in [0.15, 0.2) is 42.7 Å². The molecule has 4 heteroatoms. The van der Waals surface area contributed by atoms with Gasteiger partial charge in [0.15, 0.2) is 0 Å². The Morgan fingerprint density at radius 2 is 2.05 bits per heavy atom. The van der Waals surface area contributed by atoms with Gasteiger partial charge in [-0.05, 0) is 36.7 Å². The van der Waals surface area contributed by atoms with Crippen LogP contribution in [0.2, 0.25) is 0 Å². The number of rotatable bonds is 6. The maximum atomic E-state index is 9.83. The first kappa shape index (κ1) is 13.5. The second-order valence-electron chi connectivity index (χ2n) is 4.34. The van der Waals surface area contributed by atoms with Gasteiger partial charge < -0.3 is 15.5 Å². The number of aromatic nitrogens is 1. The number of benzene rings is 1. The fraction of sp³-hybridized carbons (Fsp3) is 0.267. The van der Waals surface area contributed by atoms with Crippen molar-refractivity contribution in [1.82, 2.24) is 10.3 Å². The number of hydrogen-bond donors (Lipinski definition) is 3. The highest BCUT2D eigenvalue weighted by molar-refractivity contribution is 5.64. The van der Waals surface area contributed by atoms with Crippen LogP contribution in [0.4, 0.5) is 0 Å². The van der Waals surface area contributed by atoms with Crippen LogP contribution >= 0.6 is 0 Å². The van der Waals surface area contributed by atoms with Gasteiger partial charge in [-0.3, -0.25) is 4.98 Å². The van der Waals surface area contributed by atoms with Crippen LogP contribution in [0.1, 0.15) is 12.0 Å². The largest absolute Gasteiger partial charge is 0.508 e. The van der Waals surface area contributed by atoms with Gasteiger partial charge in [0.2, 0.25) is 0 Å². The van der Waals surface area contributed by atoms with Crippen LogP contribution in [0.3, 0.4) is 0 Å². The molecule has 0 aliphatic heterocycles. The number of phenolic OH excluding ortho intramolecular Hbond substituents is 1. The maximum absolute atomic E-state index is 9.83. The number of hydrogen-bond acceptors (Lipinski definition) is 4. The number of aromatic hydroxyl groups is 1. The summed E-state index contributed by atoms with van der Waals surface area (Å²) in [6, 6.07) is 9.41. The number of nitrogens with one attached hydrogen (secondary N) is 1. The molecule has 3 N–H and O–H groups in total. The van der Waals surface area contributed by atoms with Gasteiger partial charge >= 0.3 is 0 Å². The SMILES string of the molecule is OCCCNCc1cc(-c2cccnc2)ccc1O. The van der Waals surface area contributed by atoms with Crippen molar-refractivity contribution >= 4 is 0 Å². The molecule has 0 radical (unpaired) electrons. The molecule has 100 valence electrons. The highest BCUT2D eigenvalue weighted by Gasteiger charge is 2.04. The van der Waals surface area contributed by atoms with Crippen LogP contribution in [-0.4, -0.2) is 28.3 Å². The number of pyridine rings is 1. The lowest BCUT2D eigenvalue weighted by Crippen LogP contribution is -2.15. The van der Waals surface area contributed by atoms with E-state index in [-0.39, 0.29) is 12.4 Å². The lowest BCUT2D eigenvalue weighted by atomic mass is 10.0. The molecule has 1 heterocycles. The van der Waals surface area contributed by atoms with E-state index >= 15 is 0 Å². The average Bonchev–Trinajstić information content (AvgIpc) is 2.46. The predicted octanol–water partition coefficient (Wildman–Crippen LogP) is 1.93. The number of phenols is 1. The van der Waals surface area contributed by atoms with Crippen molar-refractivity contribution in [2.75, 3.05) is 13.2 Å². The van der Waals surface area contributed by atoms with Crippen molar-refractivity contribution in [3.63, 3.8) is 0 Å². The first-order valence-electron chi connectivity index (χ1n) is 6.35. The van der Waals surface area contributed by atoms with Crippen LogP contribution in [-0.2, 0) is 6.54 Å². The molecule has 19 heavy (non-hydrogen) atoms. The Morgan fingerprint density at radius 3 is 2.79 bits per heavy atom. The molecule has 2 aromatic rings. The molecule has 4 nitrogen and oxygen atoms in total. The molecule has 0 aliphatic carbocycles. The molecule has 0 spiro atoms. The van der Waals surface area contributed by atoms with Crippen LogP contribution < -0.4 is 5.32 Å². The van der Waals surface area contributed by atoms with Gasteiger partial charge in [-0.15, -0.1) is 0 Å². The van der Waals surface area contributed by atoms with Crippen molar-refractivity contribution in [3.05, 3.63) is 48.3 Å². The van der Waals surface area contributed by atoms with Gasteiger partial charge in [0.1, 0.15) is 5.75 Å². The highest BCUT2D eigenvalue weighted by Crippen LogP contribution is 2.25. The Bertz CT molecular complexity index is 515. The Kier molecular flexibility index (Phi) is 4.89. The minimum atomic E-state index is 0.175. The van der Waals surface area contributed by atoms with E-state index < -0.39 is 0 Å². The molecule has 1 aromatic carbocycles. The monoisotopic (exact) mass is 258 g/mol. The topological polar surface area (TPSA) is 65.4 Å². The summed E-state index contributed by atoms with van der Waals surface area (Å²) in [7, 11) is 0. The summed E-state index contributed by atoms with van der Waals surface area (Å²) >= 11 is 0. The molecule has 0 amide bonds. The molecular weight excluding hydrogens is 240 g/mol. The zero-order chi connectivity index (χ0) is 13.5. The van der Waals surface area contributed by atoms with E-state index in [1.54, 1.807) is 18.5 Å². The Labute approximate surface area is 112 Å². The van der Waals surface area contributed by atoms with E-state index in [1.165, 1.54) is 0 Å². The summed E-state index contributed by atoms with van der Waals surface area (Å²) < 4.78 is 0. The Balaban J connectivity index is 2.11. The van der Waals surface area contributed by atoms with Gasteiger partial charge in [-0.25, -0.2) is 0 Å². The quantitative estimate of drug-likeness (QED) is 0.693. The van der Waals surface area contributed by atoms with E-state index in [9.17, 15) is 5.11 Å². The van der Waals surface area contributed by atoms with E-state index in [2.05, 4.69) is 10.3 Å². The molecule has 0 saturated heterocycles. The summed E-state index contributed by atoms with van der Waals surface area (Å²) in [5, 5.41) is 21.7. The number of aliphatic hydroxyl groups is 1. The second kappa shape index (κ2) is 6.87. The predicted molar refractivity (Wildman–Crippen MR) is 74.7 cm³/mol. The van der Waals surface area contributed by atoms with Gasteiger partial charge in [-0.1, -0.05) is 12.1 Å². The molecule has 0 atom stereocenters. The smallest absolute Gasteiger partial charge is 0.120 e. The number of aliphatic hydroxyl groups excluding tert-OH is 1. The molecule has 0 bridgehead atoms. The van der Waals surface area contributed by atoms with Gasteiger partial charge in [0.05, 0.1) is 0 Å². The third-order valence-corrected chi connectivity index (χ3v) is 2.90. The zero-order valence-corrected chi connectivity index (χ0v) is 10.7. The van der Waals surface area contributed by atoms with Gasteiger partial charge in [0, 0.05) is 36.7 Å².